The van der Waals surface area contributed by atoms with Crippen molar-refractivity contribution in [3.63, 3.8) is 0 Å². The van der Waals surface area contributed by atoms with E-state index in [2.05, 4.69) is 16.3 Å². The average Bonchev–Trinajstić information content (AvgIpc) is 2.75. The van der Waals surface area contributed by atoms with Gasteiger partial charge in [-0.15, -0.1) is 5.10 Å². The fourth-order valence-electron chi connectivity index (χ4n) is 2.41. The zero-order chi connectivity index (χ0) is 12.5. The minimum Gasteiger partial charge on any atom is -0.304 e. The highest BCUT2D eigenvalue weighted by molar-refractivity contribution is 6.06. The Morgan fingerprint density at radius 1 is 1.28 bits per heavy atom. The van der Waals surface area contributed by atoms with Gasteiger partial charge in [0.15, 0.2) is 5.69 Å². The standard InChI is InChI=1S/C14H13N3O/c1-10-9-11-5-2-3-7-13(11)17(10)14(18)12-6-4-8-15-16-12/h2-8,10H,9H2,1H3. The van der Waals surface area contributed by atoms with Crippen molar-refractivity contribution >= 4 is 11.6 Å². The Kier molecular flexibility index (Phi) is 2.55. The molecule has 4 nitrogen and oxygen atoms in total. The molecule has 0 saturated heterocycles. The van der Waals surface area contributed by atoms with E-state index >= 15 is 0 Å². The van der Waals surface area contributed by atoms with E-state index in [0.29, 0.717) is 5.69 Å². The van der Waals surface area contributed by atoms with Gasteiger partial charge in [-0.2, -0.15) is 5.10 Å². The first-order valence-corrected chi connectivity index (χ1v) is 5.96. The first-order valence-electron chi connectivity index (χ1n) is 5.96. The highest BCUT2D eigenvalue weighted by Gasteiger charge is 2.31. The van der Waals surface area contributed by atoms with Gasteiger partial charge in [0.2, 0.25) is 0 Å². The zero-order valence-corrected chi connectivity index (χ0v) is 10.1. The highest BCUT2D eigenvalue weighted by atomic mass is 16.2. The zero-order valence-electron chi connectivity index (χ0n) is 10.1. The number of anilines is 1. The summed E-state index contributed by atoms with van der Waals surface area (Å²) in [6.07, 6.45) is 2.46. The van der Waals surface area contributed by atoms with Crippen LogP contribution in [0.5, 0.6) is 0 Å². The lowest BCUT2D eigenvalue weighted by Gasteiger charge is -2.21. The third kappa shape index (κ3) is 1.66. The summed E-state index contributed by atoms with van der Waals surface area (Å²) in [5.74, 6) is -0.0828. The van der Waals surface area contributed by atoms with Crippen molar-refractivity contribution < 1.29 is 4.79 Å². The van der Waals surface area contributed by atoms with Crippen LogP contribution in [0.25, 0.3) is 0 Å². The molecular formula is C14H13N3O. The monoisotopic (exact) mass is 239 g/mol. The number of para-hydroxylation sites is 1. The number of nitrogens with zero attached hydrogens (tertiary/aromatic N) is 3. The fraction of sp³-hybridized carbons (Fsp3) is 0.214. The van der Waals surface area contributed by atoms with Crippen LogP contribution >= 0.6 is 0 Å². The van der Waals surface area contributed by atoms with Crippen LogP contribution in [0, 0.1) is 0 Å². The number of carbonyl (C=O) groups excluding carboxylic acids is 1. The number of carbonyl (C=O) groups is 1. The highest BCUT2D eigenvalue weighted by Crippen LogP contribution is 2.32. The predicted molar refractivity (Wildman–Crippen MR) is 68.4 cm³/mol. The molecule has 90 valence electrons. The second-order valence-corrected chi connectivity index (χ2v) is 4.47. The fourth-order valence-corrected chi connectivity index (χ4v) is 2.41. The summed E-state index contributed by atoms with van der Waals surface area (Å²) in [6.45, 7) is 2.05. The van der Waals surface area contributed by atoms with E-state index in [1.165, 1.54) is 5.56 Å². The Bertz CT molecular complexity index is 583. The van der Waals surface area contributed by atoms with E-state index < -0.39 is 0 Å². The second kappa shape index (κ2) is 4.22. The quantitative estimate of drug-likeness (QED) is 0.765. The van der Waals surface area contributed by atoms with Crippen LogP contribution in [-0.4, -0.2) is 22.1 Å². The van der Waals surface area contributed by atoms with Crippen LogP contribution < -0.4 is 4.90 Å². The molecule has 0 saturated carbocycles. The van der Waals surface area contributed by atoms with Crippen molar-refractivity contribution in [2.24, 2.45) is 0 Å². The topological polar surface area (TPSA) is 46.1 Å². The van der Waals surface area contributed by atoms with Crippen molar-refractivity contribution in [1.82, 2.24) is 10.2 Å². The molecule has 0 N–H and O–H groups in total. The number of benzene rings is 1. The minimum absolute atomic E-state index is 0.0828. The molecular weight excluding hydrogens is 226 g/mol. The van der Waals surface area contributed by atoms with Crippen molar-refractivity contribution in [3.8, 4) is 0 Å². The lowest BCUT2D eigenvalue weighted by atomic mass is 10.1. The van der Waals surface area contributed by atoms with Gasteiger partial charge in [-0.25, -0.2) is 0 Å². The van der Waals surface area contributed by atoms with E-state index in [-0.39, 0.29) is 11.9 Å². The molecule has 0 spiro atoms. The summed E-state index contributed by atoms with van der Waals surface area (Å²) >= 11 is 0. The Hall–Kier alpha value is -2.23. The number of aromatic nitrogens is 2. The maximum atomic E-state index is 12.4. The van der Waals surface area contributed by atoms with E-state index in [4.69, 9.17) is 0 Å². The maximum Gasteiger partial charge on any atom is 0.279 e. The lowest BCUT2D eigenvalue weighted by Crippen LogP contribution is -2.36. The minimum atomic E-state index is -0.0828. The van der Waals surface area contributed by atoms with Gasteiger partial charge in [-0.1, -0.05) is 18.2 Å². The number of hydrogen-bond donors (Lipinski definition) is 0. The summed E-state index contributed by atoms with van der Waals surface area (Å²) in [6, 6.07) is 11.6. The Balaban J connectivity index is 2.00. The van der Waals surface area contributed by atoms with Gasteiger partial charge in [0, 0.05) is 17.9 Å². The molecule has 2 aromatic rings. The molecule has 0 aliphatic carbocycles. The third-order valence-corrected chi connectivity index (χ3v) is 3.22. The van der Waals surface area contributed by atoms with Crippen LogP contribution in [0.1, 0.15) is 23.0 Å². The van der Waals surface area contributed by atoms with Crippen LogP contribution in [0.15, 0.2) is 42.6 Å². The molecule has 4 heteroatoms. The van der Waals surface area contributed by atoms with E-state index in [1.54, 1.807) is 23.2 Å². The van der Waals surface area contributed by atoms with Gasteiger partial charge in [0.05, 0.1) is 0 Å². The molecule has 1 aromatic carbocycles. The first kappa shape index (κ1) is 10.9. The van der Waals surface area contributed by atoms with E-state index in [0.717, 1.165) is 12.1 Å². The van der Waals surface area contributed by atoms with E-state index in [9.17, 15) is 4.79 Å². The molecule has 1 unspecified atom stereocenters. The normalized spacial score (nSPS) is 17.6. The number of amides is 1. The van der Waals surface area contributed by atoms with Crippen LogP contribution in [0.2, 0.25) is 0 Å². The molecule has 3 rings (SSSR count). The first-order chi connectivity index (χ1) is 8.77. The molecule has 1 atom stereocenters. The van der Waals surface area contributed by atoms with Gasteiger partial charge in [0.1, 0.15) is 0 Å². The molecule has 2 heterocycles. The summed E-state index contributed by atoms with van der Waals surface area (Å²) < 4.78 is 0. The maximum absolute atomic E-state index is 12.4. The average molecular weight is 239 g/mol. The Morgan fingerprint density at radius 2 is 2.11 bits per heavy atom. The summed E-state index contributed by atoms with van der Waals surface area (Å²) in [5.41, 5.74) is 2.59. The van der Waals surface area contributed by atoms with Gasteiger partial charge >= 0.3 is 0 Å². The second-order valence-electron chi connectivity index (χ2n) is 4.47. The molecule has 0 radical (unpaired) electrons. The number of fused-ring (bicyclic) bond motifs is 1. The molecule has 1 aliphatic rings. The van der Waals surface area contributed by atoms with Crippen molar-refractivity contribution in [1.29, 1.82) is 0 Å². The molecule has 0 bridgehead atoms. The van der Waals surface area contributed by atoms with Crippen molar-refractivity contribution in [2.45, 2.75) is 19.4 Å². The van der Waals surface area contributed by atoms with Crippen LogP contribution in [-0.2, 0) is 6.42 Å². The Morgan fingerprint density at radius 3 is 2.89 bits per heavy atom. The van der Waals surface area contributed by atoms with E-state index in [1.807, 2.05) is 25.1 Å². The molecule has 1 amide bonds. The molecule has 0 fully saturated rings. The molecule has 18 heavy (non-hydrogen) atoms. The SMILES string of the molecule is CC1Cc2ccccc2N1C(=O)c1cccnn1. The largest absolute Gasteiger partial charge is 0.304 e. The van der Waals surface area contributed by atoms with Crippen molar-refractivity contribution in [2.75, 3.05) is 4.90 Å². The van der Waals surface area contributed by atoms with Gasteiger partial charge in [-0.05, 0) is 37.1 Å². The smallest absolute Gasteiger partial charge is 0.279 e. The molecule has 1 aromatic heterocycles. The number of hydrogen-bond acceptors (Lipinski definition) is 3. The third-order valence-electron chi connectivity index (χ3n) is 3.22. The lowest BCUT2D eigenvalue weighted by molar-refractivity contribution is 0.0975. The summed E-state index contributed by atoms with van der Waals surface area (Å²) in [7, 11) is 0. The van der Waals surface area contributed by atoms with Crippen LogP contribution in [0.4, 0.5) is 5.69 Å². The summed E-state index contributed by atoms with van der Waals surface area (Å²) in [4.78, 5) is 14.2. The Labute approximate surface area is 105 Å². The van der Waals surface area contributed by atoms with Crippen LogP contribution in [0.3, 0.4) is 0 Å². The molecule has 1 aliphatic heterocycles. The predicted octanol–water partition coefficient (Wildman–Crippen LogP) is 2.07. The summed E-state index contributed by atoms with van der Waals surface area (Å²) in [5, 5.41) is 7.65. The van der Waals surface area contributed by atoms with Gasteiger partial charge in [0.25, 0.3) is 5.91 Å². The van der Waals surface area contributed by atoms with Gasteiger partial charge < -0.3 is 4.90 Å². The van der Waals surface area contributed by atoms with Crippen molar-refractivity contribution in [3.05, 3.63) is 53.9 Å². The van der Waals surface area contributed by atoms with Gasteiger partial charge in [-0.3, -0.25) is 4.79 Å². The number of rotatable bonds is 1.